The monoisotopic (exact) mass is 412 g/mol. The molecule has 7 rings (SSSR count). The molecule has 0 aliphatic heterocycles. The molecule has 0 aliphatic rings. The topological polar surface area (TPSA) is 61.4 Å². The molecule has 0 N–H and O–H groups in total. The fourth-order valence-corrected chi connectivity index (χ4v) is 4.65. The molecule has 0 aliphatic carbocycles. The summed E-state index contributed by atoms with van der Waals surface area (Å²) in [5.74, 6) is 0.578. The summed E-state index contributed by atoms with van der Waals surface area (Å²) in [6, 6.07) is 29.3. The summed E-state index contributed by atoms with van der Waals surface area (Å²) >= 11 is 0. The first-order valence-corrected chi connectivity index (χ1v) is 10.4. The maximum Gasteiger partial charge on any atom is 0.237 e. The van der Waals surface area contributed by atoms with Crippen LogP contribution < -0.4 is 0 Å². The van der Waals surface area contributed by atoms with Gasteiger partial charge in [-0.05, 0) is 30.3 Å². The molecule has 0 unspecified atom stereocenters. The molecule has 32 heavy (non-hydrogen) atoms. The first-order valence-electron chi connectivity index (χ1n) is 10.4. The van der Waals surface area contributed by atoms with Crippen molar-refractivity contribution in [2.45, 2.75) is 0 Å². The average Bonchev–Trinajstić information content (AvgIpc) is 3.36. The van der Waals surface area contributed by atoms with E-state index in [-0.39, 0.29) is 0 Å². The lowest BCUT2D eigenvalue weighted by Gasteiger charge is -2.08. The maximum absolute atomic E-state index is 5.21. The fourth-order valence-electron chi connectivity index (χ4n) is 4.65. The number of aromatic nitrogens is 6. The first kappa shape index (κ1) is 17.1. The van der Waals surface area contributed by atoms with Crippen LogP contribution in [0.5, 0.6) is 0 Å². The molecule has 0 saturated carbocycles. The molecule has 0 saturated heterocycles. The van der Waals surface area contributed by atoms with Gasteiger partial charge in [0.2, 0.25) is 5.95 Å². The minimum Gasteiger partial charge on any atom is -0.308 e. The number of pyridine rings is 1. The highest BCUT2D eigenvalue weighted by atomic mass is 15.2. The number of rotatable bonds is 2. The van der Waals surface area contributed by atoms with Crippen molar-refractivity contribution in [3.8, 4) is 11.6 Å². The number of hydrogen-bond donors (Lipinski definition) is 0. The molecule has 4 heterocycles. The fraction of sp³-hybridized carbons (Fsp3) is 0. The number of hydrogen-bond acceptors (Lipinski definition) is 4. The zero-order valence-corrected chi connectivity index (χ0v) is 16.9. The van der Waals surface area contributed by atoms with Gasteiger partial charge in [0.05, 0.1) is 33.1 Å². The van der Waals surface area contributed by atoms with Crippen LogP contribution in [-0.4, -0.2) is 29.1 Å². The standard InChI is InChI=1S/C26H16N6/c1-2-8-17(9-3-1)31-20-12-6-4-10-18(20)24-22(31)14-23-25(30-24)19-11-5-7-13-21(19)32(23)26-28-15-27-16-29-26/h1-16H. The van der Waals surface area contributed by atoms with Gasteiger partial charge < -0.3 is 4.57 Å². The third-order valence-corrected chi connectivity index (χ3v) is 5.96. The number of fused-ring (bicyclic) bond motifs is 6. The molecule has 6 nitrogen and oxygen atoms in total. The maximum atomic E-state index is 5.21. The van der Waals surface area contributed by atoms with Crippen LogP contribution in [0.2, 0.25) is 0 Å². The summed E-state index contributed by atoms with van der Waals surface area (Å²) in [6.45, 7) is 0. The largest absolute Gasteiger partial charge is 0.308 e. The summed E-state index contributed by atoms with van der Waals surface area (Å²) in [5.41, 5.74) is 7.17. The van der Waals surface area contributed by atoms with Gasteiger partial charge in [0.25, 0.3) is 0 Å². The van der Waals surface area contributed by atoms with Gasteiger partial charge in [0.15, 0.2) is 0 Å². The van der Waals surface area contributed by atoms with Crippen LogP contribution in [0.1, 0.15) is 0 Å². The molecule has 0 fully saturated rings. The van der Waals surface area contributed by atoms with Gasteiger partial charge in [0.1, 0.15) is 12.7 Å². The van der Waals surface area contributed by atoms with Gasteiger partial charge in [-0.3, -0.25) is 4.57 Å². The van der Waals surface area contributed by atoms with E-state index in [1.165, 1.54) is 12.7 Å². The Hall–Kier alpha value is -4.58. The predicted octanol–water partition coefficient (Wildman–Crippen LogP) is 5.46. The highest BCUT2D eigenvalue weighted by Gasteiger charge is 2.19. The lowest BCUT2D eigenvalue weighted by atomic mass is 10.2. The third-order valence-electron chi connectivity index (χ3n) is 5.96. The lowest BCUT2D eigenvalue weighted by Crippen LogP contribution is -2.01. The molecule has 7 aromatic rings. The molecular weight excluding hydrogens is 396 g/mol. The second kappa shape index (κ2) is 6.46. The van der Waals surface area contributed by atoms with Crippen molar-refractivity contribution < 1.29 is 0 Å². The Kier molecular flexibility index (Phi) is 3.46. The van der Waals surface area contributed by atoms with Crippen LogP contribution >= 0.6 is 0 Å². The van der Waals surface area contributed by atoms with Crippen molar-refractivity contribution in [2.75, 3.05) is 0 Å². The van der Waals surface area contributed by atoms with Crippen molar-refractivity contribution >= 4 is 43.9 Å². The molecule has 6 heteroatoms. The zero-order valence-electron chi connectivity index (χ0n) is 16.9. The van der Waals surface area contributed by atoms with Crippen molar-refractivity contribution in [1.82, 2.24) is 29.1 Å². The van der Waals surface area contributed by atoms with Crippen LogP contribution in [0.4, 0.5) is 0 Å². The number of nitrogens with zero attached hydrogens (tertiary/aromatic N) is 6. The number of benzene rings is 3. The van der Waals surface area contributed by atoms with Gasteiger partial charge in [-0.25, -0.2) is 19.9 Å². The second-order valence-corrected chi connectivity index (χ2v) is 7.70. The van der Waals surface area contributed by atoms with E-state index in [0.717, 1.165) is 49.6 Å². The van der Waals surface area contributed by atoms with E-state index in [9.17, 15) is 0 Å². The summed E-state index contributed by atoms with van der Waals surface area (Å²) in [5, 5.41) is 2.20. The van der Waals surface area contributed by atoms with Crippen molar-refractivity contribution in [3.63, 3.8) is 0 Å². The number of para-hydroxylation sites is 3. The van der Waals surface area contributed by atoms with E-state index in [2.05, 4.69) is 90.8 Å². The smallest absolute Gasteiger partial charge is 0.237 e. The average molecular weight is 412 g/mol. The van der Waals surface area contributed by atoms with Gasteiger partial charge >= 0.3 is 0 Å². The predicted molar refractivity (Wildman–Crippen MR) is 126 cm³/mol. The SMILES string of the molecule is c1ccc(-n2c3ccccc3c3nc4c5ccccc5n(-c5ncncn5)c4cc32)cc1. The van der Waals surface area contributed by atoms with Crippen LogP contribution in [0.25, 0.3) is 55.5 Å². The minimum absolute atomic E-state index is 0.578. The van der Waals surface area contributed by atoms with E-state index >= 15 is 0 Å². The van der Waals surface area contributed by atoms with Gasteiger partial charge in [-0.2, -0.15) is 0 Å². The van der Waals surface area contributed by atoms with E-state index in [0.29, 0.717) is 5.95 Å². The Balaban J connectivity index is 1.71. The lowest BCUT2D eigenvalue weighted by molar-refractivity contribution is 0.939. The highest BCUT2D eigenvalue weighted by Crippen LogP contribution is 2.36. The molecule has 150 valence electrons. The van der Waals surface area contributed by atoms with E-state index < -0.39 is 0 Å². The van der Waals surface area contributed by atoms with Crippen LogP contribution in [-0.2, 0) is 0 Å². The van der Waals surface area contributed by atoms with E-state index in [1.807, 2.05) is 18.2 Å². The Bertz CT molecular complexity index is 1640. The van der Waals surface area contributed by atoms with Crippen molar-refractivity contribution in [3.05, 3.63) is 97.6 Å². The van der Waals surface area contributed by atoms with Gasteiger partial charge in [-0.1, -0.05) is 54.6 Å². The molecule has 0 amide bonds. The molecule has 4 aromatic heterocycles. The van der Waals surface area contributed by atoms with Crippen LogP contribution in [0.3, 0.4) is 0 Å². The Morgan fingerprint density at radius 1 is 0.531 bits per heavy atom. The molecule has 0 bridgehead atoms. The van der Waals surface area contributed by atoms with Crippen molar-refractivity contribution in [1.29, 1.82) is 0 Å². The van der Waals surface area contributed by atoms with Crippen molar-refractivity contribution in [2.24, 2.45) is 0 Å². The first-order chi connectivity index (χ1) is 15.9. The van der Waals surface area contributed by atoms with Gasteiger partial charge in [-0.15, -0.1) is 0 Å². The second-order valence-electron chi connectivity index (χ2n) is 7.70. The van der Waals surface area contributed by atoms with Crippen LogP contribution in [0.15, 0.2) is 97.6 Å². The molecule has 0 radical (unpaired) electrons. The minimum atomic E-state index is 0.578. The molecule has 0 atom stereocenters. The summed E-state index contributed by atoms with van der Waals surface area (Å²) in [7, 11) is 0. The van der Waals surface area contributed by atoms with E-state index in [1.54, 1.807) is 0 Å². The summed E-state index contributed by atoms with van der Waals surface area (Å²) in [6.07, 6.45) is 3.05. The summed E-state index contributed by atoms with van der Waals surface area (Å²) < 4.78 is 4.33. The van der Waals surface area contributed by atoms with E-state index in [4.69, 9.17) is 4.98 Å². The van der Waals surface area contributed by atoms with Crippen LogP contribution in [0, 0.1) is 0 Å². The molecular formula is C26H16N6. The zero-order chi connectivity index (χ0) is 21.1. The Labute approximate surface area is 182 Å². The summed E-state index contributed by atoms with van der Waals surface area (Å²) in [4.78, 5) is 18.1. The normalized spacial score (nSPS) is 11.8. The molecule has 3 aromatic carbocycles. The highest BCUT2D eigenvalue weighted by molar-refractivity contribution is 6.15. The quantitative estimate of drug-likeness (QED) is 0.378. The third kappa shape index (κ3) is 2.29. The Morgan fingerprint density at radius 3 is 1.78 bits per heavy atom. The Morgan fingerprint density at radius 2 is 1.09 bits per heavy atom. The molecule has 0 spiro atoms. The van der Waals surface area contributed by atoms with Gasteiger partial charge in [0, 0.05) is 16.5 Å².